The van der Waals surface area contributed by atoms with Gasteiger partial charge in [0.05, 0.1) is 13.2 Å². The molecule has 0 radical (unpaired) electrons. The van der Waals surface area contributed by atoms with E-state index in [1.54, 1.807) is 0 Å². The van der Waals surface area contributed by atoms with E-state index in [0.717, 1.165) is 0 Å². The highest BCUT2D eigenvalue weighted by molar-refractivity contribution is 5.78. The molecule has 0 aromatic rings. The number of carbonyl (C=O) groups excluding carboxylic acids is 2. The summed E-state index contributed by atoms with van der Waals surface area (Å²) in [6.45, 7) is -1.57. The van der Waals surface area contributed by atoms with Crippen LogP contribution in [0, 0.1) is 0 Å². The first-order valence-electron chi connectivity index (χ1n) is 5.06. The van der Waals surface area contributed by atoms with Crippen molar-refractivity contribution in [3.8, 4) is 0 Å². The highest BCUT2D eigenvalue weighted by Crippen LogP contribution is 2.07. The van der Waals surface area contributed by atoms with E-state index in [1.165, 1.54) is 0 Å². The predicted molar refractivity (Wildman–Crippen MR) is 56.1 cm³/mol. The van der Waals surface area contributed by atoms with Crippen LogP contribution < -0.4 is 5.73 Å². The molecule has 0 bridgehead atoms. The molecule has 0 heterocycles. The average molecular weight is 267 g/mol. The zero-order valence-corrected chi connectivity index (χ0v) is 9.42. The number of aliphatic hydroxyl groups excluding tert-OH is 5. The van der Waals surface area contributed by atoms with E-state index >= 15 is 0 Å². The molecule has 0 aromatic carbocycles. The third-order valence-corrected chi connectivity index (χ3v) is 2.15. The largest absolute Gasteiger partial charge is 0.451 e. The Morgan fingerprint density at radius 3 is 2.11 bits per heavy atom. The molecule has 0 aliphatic heterocycles. The lowest BCUT2D eigenvalue weighted by molar-refractivity contribution is -0.169. The fourth-order valence-electron chi connectivity index (χ4n) is 1.00. The van der Waals surface area contributed by atoms with Gasteiger partial charge in [0.25, 0.3) is 0 Å². The van der Waals surface area contributed by atoms with E-state index in [1.807, 2.05) is 0 Å². The first-order valence-corrected chi connectivity index (χ1v) is 5.06. The number of nitrogens with two attached hydrogens (primary N) is 1. The third kappa shape index (κ3) is 4.64. The fourth-order valence-corrected chi connectivity index (χ4v) is 1.00. The van der Waals surface area contributed by atoms with Gasteiger partial charge in [-0.3, -0.25) is 9.59 Å². The molecule has 0 aliphatic carbocycles. The second-order valence-corrected chi connectivity index (χ2v) is 3.56. The maximum absolute atomic E-state index is 11.1. The number of hydrogen-bond acceptors (Lipinski definition) is 9. The summed E-state index contributed by atoms with van der Waals surface area (Å²) in [6.07, 6.45) is -7.26. The SMILES string of the molecule is N[C@@H](CO)C(=O)O[C@@H](C=O)[C@@H](O)[C@@H](O)[C@H](O)CO. The van der Waals surface area contributed by atoms with Gasteiger partial charge in [-0.2, -0.15) is 0 Å². The Kier molecular flexibility index (Phi) is 7.59. The number of carbonyl (C=O) groups is 2. The van der Waals surface area contributed by atoms with E-state index in [-0.39, 0.29) is 6.29 Å². The van der Waals surface area contributed by atoms with Crippen LogP contribution in [-0.2, 0) is 14.3 Å². The number of esters is 1. The van der Waals surface area contributed by atoms with Crippen LogP contribution in [0.4, 0.5) is 0 Å². The van der Waals surface area contributed by atoms with E-state index in [4.69, 9.17) is 21.1 Å². The highest BCUT2D eigenvalue weighted by atomic mass is 16.6. The molecule has 9 nitrogen and oxygen atoms in total. The summed E-state index contributed by atoms with van der Waals surface area (Å²) in [4.78, 5) is 21.8. The Morgan fingerprint density at radius 2 is 1.72 bits per heavy atom. The summed E-state index contributed by atoms with van der Waals surface area (Å²) >= 11 is 0. The lowest BCUT2D eigenvalue weighted by Crippen LogP contribution is -2.49. The van der Waals surface area contributed by atoms with Crippen LogP contribution in [0.1, 0.15) is 0 Å². The Morgan fingerprint density at radius 1 is 1.17 bits per heavy atom. The molecule has 0 spiro atoms. The van der Waals surface area contributed by atoms with Crippen LogP contribution in [0.5, 0.6) is 0 Å². The number of aldehydes is 1. The summed E-state index contributed by atoms with van der Waals surface area (Å²) in [6, 6.07) is -1.39. The molecular formula is C9H17NO8. The van der Waals surface area contributed by atoms with Crippen LogP contribution in [0.3, 0.4) is 0 Å². The fraction of sp³-hybridized carbons (Fsp3) is 0.778. The molecule has 0 unspecified atom stereocenters. The molecular weight excluding hydrogens is 250 g/mol. The van der Waals surface area contributed by atoms with E-state index in [2.05, 4.69) is 4.74 Å². The molecule has 18 heavy (non-hydrogen) atoms. The standard InChI is InChI=1S/C9H17NO8/c10-4(1-11)9(17)18-6(3-13)8(16)7(15)5(14)2-12/h3-8,11-12,14-16H,1-2,10H2/t4-,5+,6-,7-,8+/m0/s1. The predicted octanol–water partition coefficient (Wildman–Crippen LogP) is -4.51. The molecule has 0 saturated carbocycles. The minimum absolute atomic E-state index is 0.0278. The van der Waals surface area contributed by atoms with Crippen molar-refractivity contribution in [3.05, 3.63) is 0 Å². The molecule has 0 fully saturated rings. The normalized spacial score (nSPS) is 19.4. The van der Waals surface area contributed by atoms with E-state index in [9.17, 15) is 19.8 Å². The number of rotatable bonds is 8. The number of aliphatic hydroxyl groups is 5. The molecule has 9 heteroatoms. The van der Waals surface area contributed by atoms with Crippen molar-refractivity contribution in [1.29, 1.82) is 0 Å². The molecule has 0 aromatic heterocycles. The summed E-state index contributed by atoms with van der Waals surface area (Å²) in [7, 11) is 0. The topological polar surface area (TPSA) is 171 Å². The van der Waals surface area contributed by atoms with Gasteiger partial charge in [-0.15, -0.1) is 0 Å². The molecule has 0 amide bonds. The molecule has 0 rings (SSSR count). The molecule has 5 atom stereocenters. The average Bonchev–Trinajstić information content (AvgIpc) is 2.40. The van der Waals surface area contributed by atoms with Gasteiger partial charge in [0.15, 0.2) is 12.4 Å². The van der Waals surface area contributed by atoms with Crippen molar-refractivity contribution in [2.24, 2.45) is 5.73 Å². The van der Waals surface area contributed by atoms with Crippen molar-refractivity contribution in [2.75, 3.05) is 13.2 Å². The molecule has 106 valence electrons. The second kappa shape index (κ2) is 8.08. The lowest BCUT2D eigenvalue weighted by atomic mass is 10.0. The minimum atomic E-state index is -1.93. The maximum atomic E-state index is 11.1. The van der Waals surface area contributed by atoms with Gasteiger partial charge in [-0.1, -0.05) is 0 Å². The smallest absolute Gasteiger partial charge is 0.326 e. The molecule has 0 aliphatic rings. The molecule has 0 saturated heterocycles. The minimum Gasteiger partial charge on any atom is -0.451 e. The first-order chi connectivity index (χ1) is 8.38. The van der Waals surface area contributed by atoms with Crippen LogP contribution >= 0.6 is 0 Å². The van der Waals surface area contributed by atoms with Gasteiger partial charge in [0.2, 0.25) is 0 Å². The van der Waals surface area contributed by atoms with Crippen molar-refractivity contribution < 1.29 is 39.9 Å². The van der Waals surface area contributed by atoms with Gasteiger partial charge in [-0.05, 0) is 0 Å². The first kappa shape index (κ1) is 16.9. The zero-order valence-electron chi connectivity index (χ0n) is 9.42. The van der Waals surface area contributed by atoms with Gasteiger partial charge >= 0.3 is 5.97 Å². The Bertz CT molecular complexity index is 273. The Labute approximate surface area is 102 Å². The summed E-state index contributed by atoms with van der Waals surface area (Å²) in [5.41, 5.74) is 5.11. The maximum Gasteiger partial charge on any atom is 0.326 e. The van der Waals surface area contributed by atoms with Gasteiger partial charge in [0.1, 0.15) is 24.4 Å². The second-order valence-electron chi connectivity index (χ2n) is 3.56. The van der Waals surface area contributed by atoms with Crippen molar-refractivity contribution in [2.45, 2.75) is 30.5 Å². The zero-order chi connectivity index (χ0) is 14.3. The number of ether oxygens (including phenoxy) is 1. The summed E-state index contributed by atoms with van der Waals surface area (Å²) < 4.78 is 4.44. The van der Waals surface area contributed by atoms with Gasteiger partial charge in [-0.25, -0.2) is 0 Å². The van der Waals surface area contributed by atoms with Crippen molar-refractivity contribution in [1.82, 2.24) is 0 Å². The van der Waals surface area contributed by atoms with E-state index < -0.39 is 49.6 Å². The van der Waals surface area contributed by atoms with Crippen LogP contribution in [0.2, 0.25) is 0 Å². The van der Waals surface area contributed by atoms with Gasteiger partial charge < -0.3 is 36.0 Å². The van der Waals surface area contributed by atoms with Crippen LogP contribution in [0.25, 0.3) is 0 Å². The monoisotopic (exact) mass is 267 g/mol. The highest BCUT2D eigenvalue weighted by Gasteiger charge is 2.34. The van der Waals surface area contributed by atoms with Crippen LogP contribution in [0.15, 0.2) is 0 Å². The van der Waals surface area contributed by atoms with E-state index in [0.29, 0.717) is 0 Å². The third-order valence-electron chi connectivity index (χ3n) is 2.15. The summed E-state index contributed by atoms with van der Waals surface area (Å²) in [5, 5.41) is 44.9. The van der Waals surface area contributed by atoms with Crippen LogP contribution in [-0.4, -0.2) is 81.5 Å². The molecule has 7 N–H and O–H groups in total. The summed E-state index contributed by atoms with van der Waals surface area (Å²) in [5.74, 6) is -1.15. The number of hydrogen-bond donors (Lipinski definition) is 6. The Balaban J connectivity index is 4.58. The lowest BCUT2D eigenvalue weighted by Gasteiger charge is -2.25. The Hall–Kier alpha value is -1.10. The quantitative estimate of drug-likeness (QED) is 0.187. The van der Waals surface area contributed by atoms with Crippen molar-refractivity contribution in [3.63, 3.8) is 0 Å². The van der Waals surface area contributed by atoms with Gasteiger partial charge in [0, 0.05) is 0 Å². The van der Waals surface area contributed by atoms with Crippen molar-refractivity contribution >= 4 is 12.3 Å².